The Labute approximate surface area is 198 Å². The van der Waals surface area contributed by atoms with Gasteiger partial charge in [0.1, 0.15) is 12.6 Å². The molecular formula is C29H37N2O2+. The van der Waals surface area contributed by atoms with Gasteiger partial charge in [-0.25, -0.2) is 0 Å². The number of carbonyl (C=O) groups excluding carboxylic acids is 1. The van der Waals surface area contributed by atoms with Gasteiger partial charge < -0.3 is 15.7 Å². The maximum Gasteiger partial charge on any atom is 0.232 e. The molecule has 174 valence electrons. The molecule has 0 spiro atoms. The maximum atomic E-state index is 13.6. The average molecular weight is 446 g/mol. The van der Waals surface area contributed by atoms with E-state index >= 15 is 0 Å². The molecule has 3 rings (SSSR count). The Morgan fingerprint density at radius 2 is 1.33 bits per heavy atom. The third-order valence-electron chi connectivity index (χ3n) is 5.78. The Kier molecular flexibility index (Phi) is 8.81. The van der Waals surface area contributed by atoms with Crippen molar-refractivity contribution in [2.45, 2.75) is 45.3 Å². The molecule has 0 aliphatic rings. The van der Waals surface area contributed by atoms with Gasteiger partial charge in [0.05, 0.1) is 18.5 Å². The summed E-state index contributed by atoms with van der Waals surface area (Å²) in [5.41, 5.74) is 3.14. The van der Waals surface area contributed by atoms with E-state index in [4.69, 9.17) is 0 Å². The zero-order valence-electron chi connectivity index (χ0n) is 19.9. The van der Waals surface area contributed by atoms with E-state index in [0.29, 0.717) is 13.0 Å². The van der Waals surface area contributed by atoms with Crippen molar-refractivity contribution in [3.63, 3.8) is 0 Å². The van der Waals surface area contributed by atoms with Crippen molar-refractivity contribution >= 4 is 5.91 Å². The number of benzene rings is 3. The number of aliphatic hydroxyl groups excluding tert-OH is 1. The molecule has 0 aliphatic heterocycles. The summed E-state index contributed by atoms with van der Waals surface area (Å²) in [6.07, 6.45) is -0.0864. The number of quaternary nitrogens is 1. The van der Waals surface area contributed by atoms with Crippen LogP contribution in [0.1, 0.15) is 43.4 Å². The van der Waals surface area contributed by atoms with E-state index in [1.54, 1.807) is 0 Å². The summed E-state index contributed by atoms with van der Waals surface area (Å²) in [7, 11) is 0. The fourth-order valence-corrected chi connectivity index (χ4v) is 4.05. The fourth-order valence-electron chi connectivity index (χ4n) is 4.05. The highest BCUT2D eigenvalue weighted by Gasteiger charge is 2.29. The lowest BCUT2D eigenvalue weighted by atomic mass is 9.89. The first-order chi connectivity index (χ1) is 15.8. The van der Waals surface area contributed by atoms with Crippen molar-refractivity contribution in [2.75, 3.05) is 13.1 Å². The van der Waals surface area contributed by atoms with E-state index < -0.39 is 12.0 Å². The lowest BCUT2D eigenvalue weighted by Gasteiger charge is -2.27. The molecule has 0 fully saturated rings. The second-order valence-corrected chi connectivity index (χ2v) is 9.92. The summed E-state index contributed by atoms with van der Waals surface area (Å²) in [6, 6.07) is 29.3. The molecule has 4 nitrogen and oxygen atoms in total. The van der Waals surface area contributed by atoms with Crippen molar-refractivity contribution in [3.8, 4) is 0 Å². The minimum absolute atomic E-state index is 0.0943. The molecule has 0 unspecified atom stereocenters. The smallest absolute Gasteiger partial charge is 0.232 e. The highest BCUT2D eigenvalue weighted by molar-refractivity contribution is 5.87. The van der Waals surface area contributed by atoms with Crippen LogP contribution in [0.2, 0.25) is 0 Å². The highest BCUT2D eigenvalue weighted by atomic mass is 16.3. The summed E-state index contributed by atoms with van der Waals surface area (Å²) in [6.45, 7) is 8.00. The summed E-state index contributed by atoms with van der Waals surface area (Å²) in [5, 5.41) is 16.4. The summed E-state index contributed by atoms with van der Waals surface area (Å²) in [5.74, 6) is -0.528. The molecule has 33 heavy (non-hydrogen) atoms. The molecule has 3 aromatic carbocycles. The van der Waals surface area contributed by atoms with Crippen LogP contribution >= 0.6 is 0 Å². The Morgan fingerprint density at radius 1 is 0.848 bits per heavy atom. The number of nitrogens with one attached hydrogen (secondary N) is 1. The van der Waals surface area contributed by atoms with Crippen LogP contribution in [0.3, 0.4) is 0 Å². The molecule has 0 aromatic heterocycles. The Balaban J connectivity index is 1.82. The molecule has 0 saturated carbocycles. The minimum atomic E-state index is -0.663. The molecule has 0 radical (unpaired) electrons. The molecular weight excluding hydrogens is 408 g/mol. The van der Waals surface area contributed by atoms with Crippen LogP contribution in [-0.4, -0.2) is 36.2 Å². The molecule has 2 atom stereocenters. The van der Waals surface area contributed by atoms with E-state index in [2.05, 4.69) is 31.4 Å². The largest absolute Gasteiger partial charge is 0.385 e. The normalized spacial score (nSPS) is 13.5. The number of rotatable bonds is 10. The predicted molar refractivity (Wildman–Crippen MR) is 134 cm³/mol. The van der Waals surface area contributed by atoms with Crippen molar-refractivity contribution < 1.29 is 15.2 Å². The summed E-state index contributed by atoms with van der Waals surface area (Å²) >= 11 is 0. The number of hydrogen-bond donors (Lipinski definition) is 3. The Morgan fingerprint density at radius 3 is 1.82 bits per heavy atom. The number of nitrogens with two attached hydrogens (primary N) is 1. The van der Waals surface area contributed by atoms with Crippen molar-refractivity contribution in [1.29, 1.82) is 0 Å². The molecule has 0 heterocycles. The van der Waals surface area contributed by atoms with Crippen molar-refractivity contribution in [1.82, 2.24) is 5.32 Å². The van der Waals surface area contributed by atoms with Crippen molar-refractivity contribution in [2.24, 2.45) is 5.41 Å². The zero-order valence-corrected chi connectivity index (χ0v) is 19.9. The molecule has 0 bridgehead atoms. The Hall–Kier alpha value is -2.95. The molecule has 0 aliphatic carbocycles. The van der Waals surface area contributed by atoms with Gasteiger partial charge in [0, 0.05) is 5.41 Å². The Bertz CT molecular complexity index is 929. The van der Waals surface area contributed by atoms with E-state index in [1.165, 1.54) is 0 Å². The topological polar surface area (TPSA) is 65.9 Å². The van der Waals surface area contributed by atoms with Gasteiger partial charge in [0.2, 0.25) is 5.91 Å². The van der Waals surface area contributed by atoms with E-state index in [9.17, 15) is 9.90 Å². The van der Waals surface area contributed by atoms with Crippen LogP contribution in [0.25, 0.3) is 0 Å². The zero-order chi connectivity index (χ0) is 23.7. The highest BCUT2D eigenvalue weighted by Crippen LogP contribution is 2.25. The first-order valence-corrected chi connectivity index (χ1v) is 11.8. The standard InChI is InChI=1S/C29H36N2O2/c1-29(2,3)21-30-20-26(32)25(19-22-13-7-4-8-14-22)31-28(33)27(23-15-9-5-10-16-23)24-17-11-6-12-18-24/h4-18,25-27,30,32H,19-21H2,1-3H3,(H,31,33)/p+1/t25-,26+/m0/s1. The quantitative estimate of drug-likeness (QED) is 0.447. The lowest BCUT2D eigenvalue weighted by molar-refractivity contribution is -0.671. The van der Waals surface area contributed by atoms with Crippen LogP contribution in [0.15, 0.2) is 91.0 Å². The van der Waals surface area contributed by atoms with Gasteiger partial charge in [-0.05, 0) is 23.1 Å². The van der Waals surface area contributed by atoms with Crippen LogP contribution in [0, 0.1) is 5.41 Å². The number of aliphatic hydroxyl groups is 1. The molecule has 0 saturated heterocycles. The third kappa shape index (κ3) is 7.85. The number of amides is 1. The number of hydrogen-bond acceptors (Lipinski definition) is 2. The first kappa shape index (κ1) is 24.7. The van der Waals surface area contributed by atoms with Crippen LogP contribution < -0.4 is 10.6 Å². The third-order valence-corrected chi connectivity index (χ3v) is 5.78. The van der Waals surface area contributed by atoms with Gasteiger partial charge in [-0.15, -0.1) is 0 Å². The predicted octanol–water partition coefficient (Wildman–Crippen LogP) is 3.52. The van der Waals surface area contributed by atoms with Gasteiger partial charge in [-0.2, -0.15) is 0 Å². The second-order valence-electron chi connectivity index (χ2n) is 9.92. The first-order valence-electron chi connectivity index (χ1n) is 11.8. The van der Waals surface area contributed by atoms with Crippen LogP contribution in [-0.2, 0) is 11.2 Å². The minimum Gasteiger partial charge on any atom is -0.385 e. The van der Waals surface area contributed by atoms with E-state index in [0.717, 1.165) is 23.2 Å². The van der Waals surface area contributed by atoms with Crippen molar-refractivity contribution in [3.05, 3.63) is 108 Å². The maximum absolute atomic E-state index is 13.6. The average Bonchev–Trinajstić information content (AvgIpc) is 2.80. The van der Waals surface area contributed by atoms with Gasteiger partial charge >= 0.3 is 0 Å². The van der Waals surface area contributed by atoms with Gasteiger partial charge in [-0.3, -0.25) is 4.79 Å². The van der Waals surface area contributed by atoms with Gasteiger partial charge in [-0.1, -0.05) is 112 Å². The van der Waals surface area contributed by atoms with E-state index in [1.807, 2.05) is 91.0 Å². The van der Waals surface area contributed by atoms with Crippen LogP contribution in [0.5, 0.6) is 0 Å². The number of carbonyl (C=O) groups is 1. The van der Waals surface area contributed by atoms with Gasteiger partial charge in [0.15, 0.2) is 0 Å². The summed E-state index contributed by atoms with van der Waals surface area (Å²) < 4.78 is 0. The summed E-state index contributed by atoms with van der Waals surface area (Å²) in [4.78, 5) is 13.6. The van der Waals surface area contributed by atoms with Crippen LogP contribution in [0.4, 0.5) is 0 Å². The molecule has 4 heteroatoms. The van der Waals surface area contributed by atoms with Gasteiger partial charge in [0.25, 0.3) is 0 Å². The van der Waals surface area contributed by atoms with E-state index in [-0.39, 0.29) is 17.4 Å². The second kappa shape index (κ2) is 11.8. The molecule has 3 aromatic rings. The monoisotopic (exact) mass is 445 g/mol. The molecule has 1 amide bonds. The molecule has 4 N–H and O–H groups in total. The fraction of sp³-hybridized carbons (Fsp3) is 0.345. The SMILES string of the molecule is CC(C)(C)C[NH2+]C[C@@H](O)[C@H](Cc1ccccc1)NC(=O)C(c1ccccc1)c1ccccc1. The lowest BCUT2D eigenvalue weighted by Crippen LogP contribution is -2.89.